The number of benzene rings is 1. The van der Waals surface area contributed by atoms with Crippen LogP contribution in [0.2, 0.25) is 0 Å². The first kappa shape index (κ1) is 17.0. The molecule has 2 aromatic rings. The van der Waals surface area contributed by atoms with Crippen molar-refractivity contribution in [3.8, 4) is 0 Å². The molecule has 124 valence electrons. The first-order valence-corrected chi connectivity index (χ1v) is 7.69. The molecule has 2 rings (SSSR count). The maximum Gasteiger partial charge on any atom is 0.343 e. The van der Waals surface area contributed by atoms with E-state index in [1.807, 2.05) is 30.8 Å². The quantitative estimate of drug-likeness (QED) is 0.648. The Bertz CT molecular complexity index is 766. The van der Waals surface area contributed by atoms with Crippen LogP contribution in [0.15, 0.2) is 29.2 Å². The molecule has 0 fully saturated rings. The second kappa shape index (κ2) is 7.28. The van der Waals surface area contributed by atoms with Gasteiger partial charge in [0.2, 0.25) is 5.43 Å². The Hall–Kier alpha value is -2.34. The van der Waals surface area contributed by atoms with Crippen LogP contribution in [0.3, 0.4) is 0 Å². The molecule has 1 aromatic heterocycles. The van der Waals surface area contributed by atoms with Gasteiger partial charge in [0.15, 0.2) is 0 Å². The number of carbonyl (C=O) groups excluding carboxylic acids is 1. The summed E-state index contributed by atoms with van der Waals surface area (Å²) >= 11 is 0. The Kier molecular flexibility index (Phi) is 5.39. The normalized spacial score (nSPS) is 11.1. The molecular formula is C17H23N3O3. The topological polar surface area (TPSA) is 77.6 Å². The molecule has 0 atom stereocenters. The van der Waals surface area contributed by atoms with E-state index in [2.05, 4.69) is 4.90 Å². The van der Waals surface area contributed by atoms with Gasteiger partial charge in [0.1, 0.15) is 5.56 Å². The van der Waals surface area contributed by atoms with Crippen molar-refractivity contribution in [1.29, 1.82) is 0 Å². The van der Waals surface area contributed by atoms with Crippen LogP contribution in [0.1, 0.15) is 23.7 Å². The van der Waals surface area contributed by atoms with Crippen LogP contribution in [0.25, 0.3) is 10.9 Å². The summed E-state index contributed by atoms with van der Waals surface area (Å²) in [6, 6.07) is 5.32. The van der Waals surface area contributed by atoms with Gasteiger partial charge >= 0.3 is 5.97 Å². The molecule has 23 heavy (non-hydrogen) atoms. The Labute approximate surface area is 135 Å². The summed E-state index contributed by atoms with van der Waals surface area (Å²) in [6.45, 7) is 3.53. The molecule has 0 amide bonds. The van der Waals surface area contributed by atoms with Crippen molar-refractivity contribution in [1.82, 2.24) is 9.47 Å². The fourth-order valence-electron chi connectivity index (χ4n) is 2.56. The Morgan fingerprint density at radius 2 is 2.09 bits per heavy atom. The van der Waals surface area contributed by atoms with Crippen molar-refractivity contribution < 1.29 is 9.53 Å². The highest BCUT2D eigenvalue weighted by Gasteiger charge is 2.17. The minimum absolute atomic E-state index is 0.0297. The van der Waals surface area contributed by atoms with E-state index >= 15 is 0 Å². The van der Waals surface area contributed by atoms with Crippen molar-refractivity contribution in [3.05, 3.63) is 40.2 Å². The van der Waals surface area contributed by atoms with E-state index in [1.54, 1.807) is 19.2 Å². The summed E-state index contributed by atoms with van der Waals surface area (Å²) in [5.41, 5.74) is 6.74. The number of nitrogens with two attached hydrogens (primary N) is 1. The second-order valence-corrected chi connectivity index (χ2v) is 5.68. The number of hydrogen-bond donors (Lipinski definition) is 1. The average Bonchev–Trinajstić information content (AvgIpc) is 2.49. The summed E-state index contributed by atoms with van der Waals surface area (Å²) in [6.07, 6.45) is 2.47. The number of nitrogens with zero attached hydrogens (tertiary/aromatic N) is 2. The molecule has 0 aliphatic rings. The van der Waals surface area contributed by atoms with Crippen LogP contribution in [0, 0.1) is 0 Å². The first-order valence-electron chi connectivity index (χ1n) is 7.69. The lowest BCUT2D eigenvalue weighted by Gasteiger charge is -2.15. The number of fused-ring (bicyclic) bond motifs is 1. The molecule has 0 saturated heterocycles. The number of aryl methyl sites for hydroxylation is 1. The van der Waals surface area contributed by atoms with Crippen molar-refractivity contribution in [2.75, 3.05) is 33.0 Å². The van der Waals surface area contributed by atoms with Crippen molar-refractivity contribution in [2.45, 2.75) is 19.9 Å². The number of anilines is 1. The molecule has 0 radical (unpaired) electrons. The molecule has 2 N–H and O–H groups in total. The number of nitrogen functional groups attached to an aromatic ring is 1. The lowest BCUT2D eigenvalue weighted by Crippen LogP contribution is -2.22. The van der Waals surface area contributed by atoms with E-state index in [0.717, 1.165) is 18.5 Å². The number of pyridine rings is 1. The molecule has 6 heteroatoms. The molecule has 0 saturated carbocycles. The molecule has 0 aliphatic heterocycles. The average molecular weight is 317 g/mol. The van der Waals surface area contributed by atoms with Crippen molar-refractivity contribution in [3.63, 3.8) is 0 Å². The van der Waals surface area contributed by atoms with Gasteiger partial charge in [-0.3, -0.25) is 4.79 Å². The smallest absolute Gasteiger partial charge is 0.343 e. The monoisotopic (exact) mass is 317 g/mol. The van der Waals surface area contributed by atoms with Gasteiger partial charge in [-0.25, -0.2) is 4.79 Å². The number of esters is 1. The largest absolute Gasteiger partial charge is 0.462 e. The number of hydrogen-bond acceptors (Lipinski definition) is 5. The van der Waals surface area contributed by atoms with Gasteiger partial charge in [-0.15, -0.1) is 0 Å². The predicted molar refractivity (Wildman–Crippen MR) is 91.7 cm³/mol. The molecule has 0 bridgehead atoms. The van der Waals surface area contributed by atoms with E-state index in [-0.39, 0.29) is 17.6 Å². The highest BCUT2D eigenvalue weighted by Crippen LogP contribution is 2.19. The zero-order chi connectivity index (χ0) is 17.0. The summed E-state index contributed by atoms with van der Waals surface area (Å²) < 4.78 is 6.90. The summed E-state index contributed by atoms with van der Waals surface area (Å²) in [4.78, 5) is 26.8. The van der Waals surface area contributed by atoms with Crippen molar-refractivity contribution >= 4 is 22.6 Å². The van der Waals surface area contributed by atoms with Crippen LogP contribution in [0.5, 0.6) is 0 Å². The Morgan fingerprint density at radius 3 is 2.74 bits per heavy atom. The zero-order valence-electron chi connectivity index (χ0n) is 13.8. The van der Waals surface area contributed by atoms with Gasteiger partial charge in [-0.2, -0.15) is 0 Å². The van der Waals surface area contributed by atoms with Gasteiger partial charge in [0.05, 0.1) is 17.5 Å². The van der Waals surface area contributed by atoms with Crippen LogP contribution >= 0.6 is 0 Å². The molecule has 0 aliphatic carbocycles. The van der Waals surface area contributed by atoms with Crippen molar-refractivity contribution in [2.24, 2.45) is 0 Å². The minimum atomic E-state index is -0.607. The highest BCUT2D eigenvalue weighted by molar-refractivity contribution is 5.97. The lowest BCUT2D eigenvalue weighted by molar-refractivity contribution is 0.0524. The lowest BCUT2D eigenvalue weighted by atomic mass is 10.1. The van der Waals surface area contributed by atoms with Gasteiger partial charge in [-0.1, -0.05) is 6.07 Å². The van der Waals surface area contributed by atoms with E-state index in [1.165, 1.54) is 0 Å². The maximum atomic E-state index is 12.6. The van der Waals surface area contributed by atoms with Gasteiger partial charge in [-0.05, 0) is 46.1 Å². The zero-order valence-corrected chi connectivity index (χ0v) is 13.8. The van der Waals surface area contributed by atoms with E-state index in [0.29, 0.717) is 17.6 Å². The summed E-state index contributed by atoms with van der Waals surface area (Å²) in [5, 5.41) is 0.378. The maximum absolute atomic E-state index is 12.6. The van der Waals surface area contributed by atoms with E-state index in [9.17, 15) is 9.59 Å². The van der Waals surface area contributed by atoms with Gasteiger partial charge in [0, 0.05) is 18.4 Å². The Balaban J connectivity index is 2.56. The molecule has 0 unspecified atom stereocenters. The Morgan fingerprint density at radius 1 is 1.35 bits per heavy atom. The molecule has 1 heterocycles. The fraction of sp³-hybridized carbons (Fsp3) is 0.412. The SMILES string of the molecule is CCOC(=O)c1cn(CCCN(C)C)c2cccc(N)c2c1=O. The third-order valence-corrected chi connectivity index (χ3v) is 3.64. The van der Waals surface area contributed by atoms with Gasteiger partial charge in [0.25, 0.3) is 0 Å². The molecular weight excluding hydrogens is 294 g/mol. The van der Waals surface area contributed by atoms with E-state index in [4.69, 9.17) is 10.5 Å². The highest BCUT2D eigenvalue weighted by atomic mass is 16.5. The third-order valence-electron chi connectivity index (χ3n) is 3.64. The molecule has 1 aromatic carbocycles. The standard InChI is InChI=1S/C17H23N3O3/c1-4-23-17(22)12-11-20(10-6-9-19(2)3)14-8-5-7-13(18)15(14)16(12)21/h5,7-8,11H,4,6,9-10,18H2,1-3H3. The van der Waals surface area contributed by atoms with E-state index < -0.39 is 5.97 Å². The summed E-state index contributed by atoms with van der Waals surface area (Å²) in [7, 11) is 4.01. The predicted octanol–water partition coefficient (Wildman–Crippen LogP) is 1.71. The first-order chi connectivity index (χ1) is 11.0. The van der Waals surface area contributed by atoms with Crippen LogP contribution < -0.4 is 11.2 Å². The fourth-order valence-corrected chi connectivity index (χ4v) is 2.56. The van der Waals surface area contributed by atoms with Crippen LogP contribution in [0.4, 0.5) is 5.69 Å². The number of rotatable bonds is 6. The number of aromatic nitrogens is 1. The van der Waals surface area contributed by atoms with Gasteiger partial charge < -0.3 is 19.9 Å². The second-order valence-electron chi connectivity index (χ2n) is 5.68. The number of ether oxygens (including phenoxy) is 1. The summed E-state index contributed by atoms with van der Waals surface area (Å²) in [5.74, 6) is -0.607. The van der Waals surface area contributed by atoms with Crippen LogP contribution in [-0.2, 0) is 11.3 Å². The minimum Gasteiger partial charge on any atom is -0.462 e. The molecule has 6 nitrogen and oxygen atoms in total. The van der Waals surface area contributed by atoms with Crippen LogP contribution in [-0.4, -0.2) is 42.7 Å². The molecule has 0 spiro atoms. The third kappa shape index (κ3) is 3.71. The number of carbonyl (C=O) groups is 1.